The van der Waals surface area contributed by atoms with E-state index in [-0.39, 0.29) is 12.2 Å². The predicted molar refractivity (Wildman–Crippen MR) is 101 cm³/mol. The van der Waals surface area contributed by atoms with Crippen LogP contribution in [0.4, 0.5) is 0 Å². The first-order chi connectivity index (χ1) is 11.5. The summed E-state index contributed by atoms with van der Waals surface area (Å²) < 4.78 is 26.4. The van der Waals surface area contributed by atoms with Gasteiger partial charge in [-0.1, -0.05) is 51.9 Å². The van der Waals surface area contributed by atoms with Gasteiger partial charge in [-0.15, -0.1) is 0 Å². The van der Waals surface area contributed by atoms with E-state index in [4.69, 9.17) is 9.05 Å². The van der Waals surface area contributed by atoms with Crippen LogP contribution in [0.1, 0.15) is 97.8 Å². The van der Waals surface area contributed by atoms with Crippen LogP contribution in [0.15, 0.2) is 0 Å². The van der Waals surface area contributed by atoms with Gasteiger partial charge in [-0.05, 0) is 52.5 Å². The molecule has 0 aromatic rings. The Morgan fingerprint density at radius 3 is 1.79 bits per heavy atom. The highest BCUT2D eigenvalue weighted by Gasteiger charge is 2.46. The maximum atomic E-state index is 13.9. The maximum Gasteiger partial charge on any atom is 0.350 e. The Morgan fingerprint density at radius 1 is 0.917 bits per heavy atom. The van der Waals surface area contributed by atoms with Gasteiger partial charge in [0, 0.05) is 0 Å². The fourth-order valence-corrected chi connectivity index (χ4v) is 5.78. The molecule has 0 aromatic heterocycles. The van der Waals surface area contributed by atoms with Crippen LogP contribution >= 0.6 is 7.60 Å². The van der Waals surface area contributed by atoms with E-state index in [1.165, 1.54) is 38.5 Å². The molecule has 2 rings (SSSR count). The van der Waals surface area contributed by atoms with Crippen molar-refractivity contribution in [3.63, 3.8) is 0 Å². The molecule has 0 bridgehead atoms. The second kappa shape index (κ2) is 9.71. The van der Waals surface area contributed by atoms with Crippen molar-refractivity contribution in [1.82, 2.24) is 5.32 Å². The summed E-state index contributed by atoms with van der Waals surface area (Å²) in [6, 6.07) is 0. The molecule has 0 radical (unpaired) electrons. The van der Waals surface area contributed by atoms with E-state index in [1.807, 2.05) is 13.8 Å². The summed E-state index contributed by atoms with van der Waals surface area (Å²) in [7, 11) is -3.21. The molecule has 0 unspecified atom stereocenters. The van der Waals surface area contributed by atoms with Crippen molar-refractivity contribution in [3.05, 3.63) is 0 Å². The lowest BCUT2D eigenvalue weighted by molar-refractivity contribution is 0.0667. The van der Waals surface area contributed by atoms with Gasteiger partial charge in [-0.25, -0.2) is 0 Å². The van der Waals surface area contributed by atoms with E-state index in [9.17, 15) is 4.57 Å². The molecule has 0 spiro atoms. The second-order valence-electron chi connectivity index (χ2n) is 8.07. The van der Waals surface area contributed by atoms with Crippen LogP contribution in [-0.4, -0.2) is 24.0 Å². The Morgan fingerprint density at radius 2 is 1.38 bits per heavy atom. The second-order valence-corrected chi connectivity index (χ2v) is 10.6. The number of rotatable bonds is 9. The zero-order valence-corrected chi connectivity index (χ0v) is 16.9. The van der Waals surface area contributed by atoms with Gasteiger partial charge in [0.15, 0.2) is 0 Å². The molecular formula is C19H38NO3P. The Kier molecular flexibility index (Phi) is 8.26. The third-order valence-corrected chi connectivity index (χ3v) is 8.13. The van der Waals surface area contributed by atoms with E-state index < -0.39 is 12.9 Å². The Bertz CT molecular complexity index is 377. The zero-order chi connectivity index (χ0) is 17.5. The zero-order valence-electron chi connectivity index (χ0n) is 16.0. The lowest BCUT2D eigenvalue weighted by atomic mass is 9.98. The molecule has 24 heavy (non-hydrogen) atoms. The van der Waals surface area contributed by atoms with E-state index >= 15 is 0 Å². The number of hydrogen-bond acceptors (Lipinski definition) is 4. The molecule has 0 atom stereocenters. The van der Waals surface area contributed by atoms with E-state index in [2.05, 4.69) is 12.2 Å². The van der Waals surface area contributed by atoms with Gasteiger partial charge in [0.05, 0.1) is 12.2 Å². The molecule has 0 aromatic carbocycles. The maximum absolute atomic E-state index is 13.9. The van der Waals surface area contributed by atoms with Gasteiger partial charge in [-0.3, -0.25) is 4.57 Å². The minimum absolute atomic E-state index is 0.0976. The van der Waals surface area contributed by atoms with E-state index in [1.54, 1.807) is 0 Å². The summed E-state index contributed by atoms with van der Waals surface area (Å²) in [5.74, 6) is 0. The average Bonchev–Trinajstić information content (AvgIpc) is 2.56. The SMILES string of the molecule is CCCCNC(C)(C)P(=O)(OC1CCCCC1)OC1CCCCC1. The Hall–Kier alpha value is 0.110. The van der Waals surface area contributed by atoms with Crippen molar-refractivity contribution in [2.75, 3.05) is 6.54 Å². The highest BCUT2D eigenvalue weighted by Crippen LogP contribution is 2.61. The molecule has 0 saturated heterocycles. The molecule has 1 N–H and O–H groups in total. The van der Waals surface area contributed by atoms with Crippen LogP contribution in [0.25, 0.3) is 0 Å². The first-order valence-electron chi connectivity index (χ1n) is 10.2. The van der Waals surface area contributed by atoms with Crippen LogP contribution in [-0.2, 0) is 13.6 Å². The molecule has 4 nitrogen and oxygen atoms in total. The van der Waals surface area contributed by atoms with Crippen molar-refractivity contribution in [2.45, 2.75) is 115 Å². The van der Waals surface area contributed by atoms with Crippen molar-refractivity contribution in [2.24, 2.45) is 0 Å². The third-order valence-electron chi connectivity index (χ3n) is 5.45. The first-order valence-corrected chi connectivity index (χ1v) is 11.7. The number of hydrogen-bond donors (Lipinski definition) is 1. The quantitative estimate of drug-likeness (QED) is 0.405. The normalized spacial score (nSPS) is 22.0. The van der Waals surface area contributed by atoms with E-state index in [0.717, 1.165) is 45.1 Å². The molecule has 2 aliphatic rings. The largest absolute Gasteiger partial charge is 0.350 e. The molecular weight excluding hydrogens is 321 g/mol. The van der Waals surface area contributed by atoms with Gasteiger partial charge in [-0.2, -0.15) is 0 Å². The van der Waals surface area contributed by atoms with E-state index in [0.29, 0.717) is 0 Å². The Labute approximate surface area is 149 Å². The summed E-state index contributed by atoms with van der Waals surface area (Å²) in [4.78, 5) is 0. The summed E-state index contributed by atoms with van der Waals surface area (Å²) in [5, 5.41) is 2.84. The monoisotopic (exact) mass is 359 g/mol. The summed E-state index contributed by atoms with van der Waals surface area (Å²) >= 11 is 0. The van der Waals surface area contributed by atoms with Crippen LogP contribution in [0, 0.1) is 0 Å². The third kappa shape index (κ3) is 5.83. The molecule has 2 aliphatic carbocycles. The molecule has 142 valence electrons. The van der Waals surface area contributed by atoms with Crippen LogP contribution in [0.2, 0.25) is 0 Å². The summed E-state index contributed by atoms with van der Waals surface area (Å²) in [6.45, 7) is 7.02. The van der Waals surface area contributed by atoms with Gasteiger partial charge >= 0.3 is 7.60 Å². The lowest BCUT2D eigenvalue weighted by Gasteiger charge is -2.39. The molecule has 0 heterocycles. The van der Waals surface area contributed by atoms with Crippen molar-refractivity contribution in [3.8, 4) is 0 Å². The van der Waals surface area contributed by atoms with Crippen molar-refractivity contribution in [1.29, 1.82) is 0 Å². The van der Waals surface area contributed by atoms with Crippen LogP contribution in [0.3, 0.4) is 0 Å². The summed E-state index contributed by atoms with van der Waals surface area (Å²) in [5.41, 5.74) is 0. The van der Waals surface area contributed by atoms with Crippen molar-refractivity contribution >= 4 is 7.60 Å². The lowest BCUT2D eigenvalue weighted by Crippen LogP contribution is -2.42. The average molecular weight is 359 g/mol. The predicted octanol–water partition coefficient (Wildman–Crippen LogP) is 6.00. The van der Waals surface area contributed by atoms with Gasteiger partial charge in [0.2, 0.25) is 0 Å². The highest BCUT2D eigenvalue weighted by atomic mass is 31.2. The van der Waals surface area contributed by atoms with Crippen molar-refractivity contribution < 1.29 is 13.6 Å². The first kappa shape index (κ1) is 20.4. The summed E-state index contributed by atoms with van der Waals surface area (Å²) in [6.07, 6.45) is 13.7. The van der Waals surface area contributed by atoms with Gasteiger partial charge < -0.3 is 14.4 Å². The van der Waals surface area contributed by atoms with Crippen LogP contribution < -0.4 is 5.32 Å². The Balaban J connectivity index is 2.06. The number of nitrogens with one attached hydrogen (secondary N) is 1. The topological polar surface area (TPSA) is 47.6 Å². The highest BCUT2D eigenvalue weighted by molar-refractivity contribution is 7.55. The molecule has 2 fully saturated rings. The number of unbranched alkanes of at least 4 members (excludes halogenated alkanes) is 1. The molecule has 5 heteroatoms. The molecule has 0 amide bonds. The minimum Gasteiger partial charge on any atom is -0.304 e. The fraction of sp³-hybridized carbons (Fsp3) is 1.00. The van der Waals surface area contributed by atoms with Gasteiger partial charge in [0.25, 0.3) is 0 Å². The fourth-order valence-electron chi connectivity index (χ4n) is 3.69. The smallest absolute Gasteiger partial charge is 0.304 e. The van der Waals surface area contributed by atoms with Gasteiger partial charge in [0.1, 0.15) is 5.28 Å². The molecule has 2 saturated carbocycles. The molecule has 0 aliphatic heterocycles. The minimum atomic E-state index is -3.21. The standard InChI is InChI=1S/C19H38NO3P/c1-4-5-16-20-19(2,3)24(21,22-17-12-8-6-9-13-17)23-18-14-10-7-11-15-18/h17-18,20H,4-16H2,1-3H3. The van der Waals surface area contributed by atoms with Crippen LogP contribution in [0.5, 0.6) is 0 Å².